The molecule has 0 atom stereocenters. The summed E-state index contributed by atoms with van der Waals surface area (Å²) in [5.41, 5.74) is 9.28. The maximum Gasteiger partial charge on any atom is 0.315 e. The number of hydrogen-bond donors (Lipinski definition) is 3. The molecule has 2 amide bonds. The number of nitrogens with one attached hydrogen (secondary N) is 2. The molecule has 0 aliphatic heterocycles. The molecule has 4 aromatic heterocycles. The fraction of sp³-hybridized carbons (Fsp3) is 0.0870. The van der Waals surface area contributed by atoms with E-state index in [0.29, 0.717) is 27.8 Å². The molecule has 10 heteroatoms. The number of pyridine rings is 4. The van der Waals surface area contributed by atoms with Gasteiger partial charge in [-0.25, -0.2) is 15.0 Å². The molecule has 0 aromatic carbocycles. The van der Waals surface area contributed by atoms with Crippen LogP contribution in [0.5, 0.6) is 0 Å². The summed E-state index contributed by atoms with van der Waals surface area (Å²) < 4.78 is 0. The number of carbonyl (C=O) groups excluding carboxylic acids is 2. The molecule has 0 saturated carbocycles. The number of carbonyl (C=O) groups is 2. The van der Waals surface area contributed by atoms with Crippen LogP contribution >= 0.6 is 0 Å². The number of fused-ring (bicyclic) bond motifs is 1. The van der Waals surface area contributed by atoms with Crippen LogP contribution in [-0.4, -0.2) is 31.8 Å². The van der Waals surface area contributed by atoms with Gasteiger partial charge in [0.2, 0.25) is 0 Å². The monoisotopic (exact) mass is 438 g/mol. The SMILES string of the molecule is Cc1ccncc1-c1cc2cc(NC(=O)C(=O)Nc3ccc(CC#N)cn3)ncc2c(N)n1. The minimum absolute atomic E-state index is 0.180. The van der Waals surface area contributed by atoms with E-state index >= 15 is 0 Å². The number of nitrogens with two attached hydrogens (primary N) is 1. The van der Waals surface area contributed by atoms with Crippen molar-refractivity contribution in [1.29, 1.82) is 5.26 Å². The first kappa shape index (κ1) is 21.3. The van der Waals surface area contributed by atoms with Crippen LogP contribution in [0.25, 0.3) is 22.0 Å². The number of aromatic nitrogens is 4. The molecule has 162 valence electrons. The molecule has 4 N–H and O–H groups in total. The topological polar surface area (TPSA) is 160 Å². The Hall–Kier alpha value is -4.91. The van der Waals surface area contributed by atoms with E-state index in [2.05, 4.69) is 30.6 Å². The number of nitrogen functional groups attached to an aromatic ring is 1. The van der Waals surface area contributed by atoms with Gasteiger partial charge in [0.05, 0.1) is 18.2 Å². The van der Waals surface area contributed by atoms with E-state index in [-0.39, 0.29) is 18.1 Å². The van der Waals surface area contributed by atoms with Crippen molar-refractivity contribution < 1.29 is 9.59 Å². The van der Waals surface area contributed by atoms with Gasteiger partial charge in [0, 0.05) is 35.7 Å². The van der Waals surface area contributed by atoms with Crippen LogP contribution in [0.1, 0.15) is 11.1 Å². The molecular weight excluding hydrogens is 420 g/mol. The van der Waals surface area contributed by atoms with Crippen LogP contribution < -0.4 is 16.4 Å². The minimum Gasteiger partial charge on any atom is -0.383 e. The highest BCUT2D eigenvalue weighted by Gasteiger charge is 2.16. The molecule has 0 bridgehead atoms. The third-order valence-corrected chi connectivity index (χ3v) is 4.86. The number of anilines is 3. The number of amides is 2. The van der Waals surface area contributed by atoms with Crippen LogP contribution in [0.2, 0.25) is 0 Å². The Bertz CT molecular complexity index is 1410. The second kappa shape index (κ2) is 9.07. The Morgan fingerprint density at radius 2 is 1.79 bits per heavy atom. The van der Waals surface area contributed by atoms with E-state index in [4.69, 9.17) is 11.0 Å². The molecule has 10 nitrogen and oxygen atoms in total. The van der Waals surface area contributed by atoms with Gasteiger partial charge in [-0.05, 0) is 47.7 Å². The number of rotatable bonds is 4. The van der Waals surface area contributed by atoms with Crippen molar-refractivity contribution in [3.05, 3.63) is 66.2 Å². The average Bonchev–Trinajstić information content (AvgIpc) is 2.80. The highest BCUT2D eigenvalue weighted by Crippen LogP contribution is 2.28. The lowest BCUT2D eigenvalue weighted by Gasteiger charge is -2.10. The molecule has 0 radical (unpaired) electrons. The molecule has 0 unspecified atom stereocenters. The fourth-order valence-electron chi connectivity index (χ4n) is 3.15. The Kier molecular flexibility index (Phi) is 5.86. The summed E-state index contributed by atoms with van der Waals surface area (Å²) in [7, 11) is 0. The lowest BCUT2D eigenvalue weighted by atomic mass is 10.1. The van der Waals surface area contributed by atoms with Crippen LogP contribution in [0, 0.1) is 18.3 Å². The lowest BCUT2D eigenvalue weighted by Crippen LogP contribution is -2.29. The first-order valence-corrected chi connectivity index (χ1v) is 9.86. The summed E-state index contributed by atoms with van der Waals surface area (Å²) in [5, 5.41) is 14.9. The van der Waals surface area contributed by atoms with Crippen molar-refractivity contribution in [3.8, 4) is 17.3 Å². The van der Waals surface area contributed by atoms with E-state index in [1.54, 1.807) is 24.5 Å². The van der Waals surface area contributed by atoms with Gasteiger partial charge in [0.15, 0.2) is 0 Å². The van der Waals surface area contributed by atoms with Gasteiger partial charge in [-0.3, -0.25) is 14.6 Å². The van der Waals surface area contributed by atoms with Crippen LogP contribution in [-0.2, 0) is 16.0 Å². The van der Waals surface area contributed by atoms with Gasteiger partial charge in [-0.1, -0.05) is 6.07 Å². The van der Waals surface area contributed by atoms with E-state index in [9.17, 15) is 9.59 Å². The number of nitriles is 1. The summed E-state index contributed by atoms with van der Waals surface area (Å²) in [6, 6.07) is 10.5. The van der Waals surface area contributed by atoms with Crippen LogP contribution in [0.3, 0.4) is 0 Å². The van der Waals surface area contributed by atoms with Crippen molar-refractivity contribution in [2.45, 2.75) is 13.3 Å². The van der Waals surface area contributed by atoms with Gasteiger partial charge in [-0.2, -0.15) is 5.26 Å². The molecule has 0 aliphatic carbocycles. The first-order chi connectivity index (χ1) is 15.9. The fourth-order valence-corrected chi connectivity index (χ4v) is 3.15. The van der Waals surface area contributed by atoms with E-state index in [1.807, 2.05) is 25.1 Å². The van der Waals surface area contributed by atoms with E-state index in [1.165, 1.54) is 18.5 Å². The third-order valence-electron chi connectivity index (χ3n) is 4.86. The zero-order chi connectivity index (χ0) is 23.4. The maximum atomic E-state index is 12.3. The molecule has 0 aliphatic rings. The lowest BCUT2D eigenvalue weighted by molar-refractivity contribution is -0.133. The maximum absolute atomic E-state index is 12.3. The Morgan fingerprint density at radius 3 is 2.48 bits per heavy atom. The molecule has 0 fully saturated rings. The number of nitrogens with zero attached hydrogens (tertiary/aromatic N) is 5. The largest absolute Gasteiger partial charge is 0.383 e. The molecule has 4 rings (SSSR count). The summed E-state index contributed by atoms with van der Waals surface area (Å²) in [6.45, 7) is 1.95. The van der Waals surface area contributed by atoms with Crippen molar-refractivity contribution in [2.75, 3.05) is 16.4 Å². The second-order valence-electron chi connectivity index (χ2n) is 7.17. The Labute approximate surface area is 188 Å². The van der Waals surface area contributed by atoms with E-state index in [0.717, 1.165) is 11.1 Å². The quantitative estimate of drug-likeness (QED) is 0.410. The average molecular weight is 438 g/mol. The Balaban J connectivity index is 1.53. The zero-order valence-corrected chi connectivity index (χ0v) is 17.5. The van der Waals surface area contributed by atoms with Gasteiger partial charge < -0.3 is 16.4 Å². The normalized spacial score (nSPS) is 10.4. The van der Waals surface area contributed by atoms with Crippen LogP contribution in [0.15, 0.2) is 55.1 Å². The molecule has 0 spiro atoms. The second-order valence-corrected chi connectivity index (χ2v) is 7.17. The summed E-state index contributed by atoms with van der Waals surface area (Å²) in [6.07, 6.45) is 6.56. The first-order valence-electron chi connectivity index (χ1n) is 9.86. The number of hydrogen-bond acceptors (Lipinski definition) is 8. The predicted octanol–water partition coefficient (Wildman–Crippen LogP) is 2.62. The summed E-state index contributed by atoms with van der Waals surface area (Å²) in [4.78, 5) is 41.3. The minimum atomic E-state index is -0.907. The van der Waals surface area contributed by atoms with Gasteiger partial charge >= 0.3 is 11.8 Å². The molecule has 0 saturated heterocycles. The highest BCUT2D eigenvalue weighted by atomic mass is 16.2. The van der Waals surface area contributed by atoms with E-state index < -0.39 is 11.8 Å². The molecule has 4 aromatic rings. The van der Waals surface area contributed by atoms with Crippen molar-refractivity contribution >= 4 is 40.0 Å². The molecular formula is C23H18N8O2. The summed E-state index contributed by atoms with van der Waals surface area (Å²) in [5.74, 6) is -1.15. The van der Waals surface area contributed by atoms with Gasteiger partial charge in [-0.15, -0.1) is 0 Å². The molecule has 33 heavy (non-hydrogen) atoms. The summed E-state index contributed by atoms with van der Waals surface area (Å²) >= 11 is 0. The van der Waals surface area contributed by atoms with Crippen LogP contribution in [0.4, 0.5) is 17.5 Å². The van der Waals surface area contributed by atoms with Crippen molar-refractivity contribution in [3.63, 3.8) is 0 Å². The van der Waals surface area contributed by atoms with Gasteiger partial charge in [0.25, 0.3) is 0 Å². The third kappa shape index (κ3) is 4.72. The van der Waals surface area contributed by atoms with Crippen molar-refractivity contribution in [2.24, 2.45) is 0 Å². The van der Waals surface area contributed by atoms with Crippen molar-refractivity contribution in [1.82, 2.24) is 19.9 Å². The highest BCUT2D eigenvalue weighted by molar-refractivity contribution is 6.43. The van der Waals surface area contributed by atoms with Gasteiger partial charge in [0.1, 0.15) is 17.5 Å². The number of aryl methyl sites for hydroxylation is 1. The zero-order valence-electron chi connectivity index (χ0n) is 17.5. The molecule has 4 heterocycles. The predicted molar refractivity (Wildman–Crippen MR) is 123 cm³/mol. The Morgan fingerprint density at radius 1 is 1.03 bits per heavy atom. The smallest absolute Gasteiger partial charge is 0.315 e. The standard InChI is InChI=1S/C23H18N8O2/c1-13-5-7-26-11-16(13)18-8-15-9-20(28-12-17(15)21(25)29-18)31-23(33)22(32)30-19-3-2-14(4-6-24)10-27-19/h2-3,5,7-12H,4H2,1H3,(H2,25,29)(H,27,30,32)(H,28,31,33).